The van der Waals surface area contributed by atoms with Crippen LogP contribution in [0.2, 0.25) is 0 Å². The number of hydrogen-bond acceptors (Lipinski definition) is 2. The van der Waals surface area contributed by atoms with Gasteiger partial charge in [0.15, 0.2) is 0 Å². The van der Waals surface area contributed by atoms with Crippen molar-refractivity contribution in [1.82, 2.24) is 0 Å². The summed E-state index contributed by atoms with van der Waals surface area (Å²) < 4.78 is 6.63. The number of carbonyl (C=O) groups is 1. The number of ether oxygens (including phenoxy) is 1. The van der Waals surface area contributed by atoms with Gasteiger partial charge in [-0.3, -0.25) is 4.79 Å². The number of amides is 1. The predicted molar refractivity (Wildman–Crippen MR) is 141 cm³/mol. The van der Waals surface area contributed by atoms with E-state index in [1.54, 1.807) is 7.11 Å². The number of carbonyl (C=O) groups excluding carboxylic acids is 1. The first-order chi connectivity index (χ1) is 15.5. The van der Waals surface area contributed by atoms with Gasteiger partial charge < -0.3 is 9.64 Å². The summed E-state index contributed by atoms with van der Waals surface area (Å²) in [7, 11) is 1.74. The van der Waals surface area contributed by atoms with Crippen LogP contribution in [0.15, 0.2) is 42.5 Å². The van der Waals surface area contributed by atoms with Gasteiger partial charge in [-0.05, 0) is 115 Å². The molecule has 4 rings (SSSR count). The van der Waals surface area contributed by atoms with E-state index in [1.165, 1.54) is 59.6 Å². The molecule has 0 heterocycles. The number of aryl methyl sites for hydroxylation is 1. The Morgan fingerprint density at radius 3 is 2.41 bits per heavy atom. The molecule has 172 valence electrons. The van der Waals surface area contributed by atoms with Crippen LogP contribution in [0.5, 0.6) is 5.75 Å². The zero-order valence-corrected chi connectivity index (χ0v) is 21.6. The third-order valence-corrected chi connectivity index (χ3v) is 8.19. The van der Waals surface area contributed by atoms with Crippen molar-refractivity contribution in [1.29, 1.82) is 0 Å². The van der Waals surface area contributed by atoms with Gasteiger partial charge in [0.05, 0.1) is 7.11 Å². The van der Waals surface area contributed by atoms with Gasteiger partial charge in [0, 0.05) is 21.7 Å². The molecule has 2 aliphatic carbocycles. The quantitative estimate of drug-likeness (QED) is 0.352. The van der Waals surface area contributed by atoms with Crippen molar-refractivity contribution in [3.05, 3.63) is 57.2 Å². The highest BCUT2D eigenvalue weighted by Crippen LogP contribution is 2.38. The van der Waals surface area contributed by atoms with E-state index in [9.17, 15) is 4.79 Å². The van der Waals surface area contributed by atoms with E-state index in [0.29, 0.717) is 17.7 Å². The standard InChI is InChI=1S/C28H36INO2/c1-20-17-24(15-16-27(20)32-2)22-13-11-21(12-14-22)19-30(26-10-6-9-25(29)18-26)28(31)23-7-4-3-5-8-23/h6,9-10,15-18,21-23H,3-5,7-8,11-14,19H2,1-2H3/t21-,22-. The summed E-state index contributed by atoms with van der Waals surface area (Å²) in [5.74, 6) is 2.74. The maximum absolute atomic E-state index is 13.6. The number of rotatable bonds is 6. The number of halogens is 1. The molecule has 32 heavy (non-hydrogen) atoms. The van der Waals surface area contributed by atoms with Gasteiger partial charge >= 0.3 is 0 Å². The van der Waals surface area contributed by atoms with Gasteiger partial charge in [0.1, 0.15) is 5.75 Å². The molecule has 0 saturated heterocycles. The summed E-state index contributed by atoms with van der Waals surface area (Å²) in [5.41, 5.74) is 3.74. The first-order valence-corrected chi connectivity index (χ1v) is 13.3. The molecule has 2 fully saturated rings. The maximum atomic E-state index is 13.6. The Bertz CT molecular complexity index is 913. The van der Waals surface area contributed by atoms with E-state index in [1.807, 2.05) is 0 Å². The molecular weight excluding hydrogens is 509 g/mol. The molecular formula is C28H36INO2. The lowest BCUT2D eigenvalue weighted by Gasteiger charge is -2.35. The van der Waals surface area contributed by atoms with Gasteiger partial charge in [-0.15, -0.1) is 0 Å². The van der Waals surface area contributed by atoms with E-state index in [-0.39, 0.29) is 5.92 Å². The minimum atomic E-state index is 0.209. The fourth-order valence-corrected chi connectivity index (χ4v) is 6.16. The van der Waals surface area contributed by atoms with Crippen molar-refractivity contribution < 1.29 is 9.53 Å². The molecule has 2 aromatic rings. The fraction of sp³-hybridized carbons (Fsp3) is 0.536. The van der Waals surface area contributed by atoms with Crippen molar-refractivity contribution >= 4 is 34.2 Å². The lowest BCUT2D eigenvalue weighted by molar-refractivity contribution is -0.123. The monoisotopic (exact) mass is 545 g/mol. The smallest absolute Gasteiger partial charge is 0.230 e. The highest BCUT2D eigenvalue weighted by Gasteiger charge is 2.31. The second kappa shape index (κ2) is 11.0. The van der Waals surface area contributed by atoms with Crippen molar-refractivity contribution in [3.63, 3.8) is 0 Å². The van der Waals surface area contributed by atoms with Crippen molar-refractivity contribution in [2.45, 2.75) is 70.6 Å². The number of anilines is 1. The van der Waals surface area contributed by atoms with Crippen LogP contribution in [-0.2, 0) is 4.79 Å². The van der Waals surface area contributed by atoms with Crippen LogP contribution in [0.3, 0.4) is 0 Å². The summed E-state index contributed by atoms with van der Waals surface area (Å²) >= 11 is 2.36. The molecule has 0 unspecified atom stereocenters. The van der Waals surface area contributed by atoms with Crippen LogP contribution in [0.1, 0.15) is 74.8 Å². The Labute approximate surface area is 207 Å². The second-order valence-electron chi connectivity index (χ2n) is 9.71. The Balaban J connectivity index is 1.43. The van der Waals surface area contributed by atoms with Crippen LogP contribution >= 0.6 is 22.6 Å². The third kappa shape index (κ3) is 5.67. The average molecular weight is 546 g/mol. The highest BCUT2D eigenvalue weighted by molar-refractivity contribution is 14.1. The predicted octanol–water partition coefficient (Wildman–Crippen LogP) is 7.50. The van der Waals surface area contributed by atoms with Gasteiger partial charge in [0.2, 0.25) is 5.91 Å². The topological polar surface area (TPSA) is 29.5 Å². The molecule has 4 heteroatoms. The van der Waals surface area contributed by atoms with Crippen molar-refractivity contribution in [3.8, 4) is 5.75 Å². The molecule has 0 aliphatic heterocycles. The lowest BCUT2D eigenvalue weighted by atomic mass is 9.78. The summed E-state index contributed by atoms with van der Waals surface area (Å²) in [6, 6.07) is 15.1. The van der Waals surface area contributed by atoms with E-state index in [2.05, 4.69) is 76.9 Å². The summed E-state index contributed by atoms with van der Waals surface area (Å²) in [4.78, 5) is 15.7. The van der Waals surface area contributed by atoms with Crippen molar-refractivity contribution in [2.24, 2.45) is 11.8 Å². The summed E-state index contributed by atoms with van der Waals surface area (Å²) in [6.45, 7) is 2.99. The molecule has 0 N–H and O–H groups in total. The Morgan fingerprint density at radius 2 is 1.75 bits per heavy atom. The molecule has 3 nitrogen and oxygen atoms in total. The zero-order valence-electron chi connectivity index (χ0n) is 19.5. The summed E-state index contributed by atoms with van der Waals surface area (Å²) in [6.07, 6.45) is 10.6. The van der Waals surface area contributed by atoms with Gasteiger partial charge in [-0.2, -0.15) is 0 Å². The van der Waals surface area contributed by atoms with Gasteiger partial charge in [-0.1, -0.05) is 37.5 Å². The van der Waals surface area contributed by atoms with E-state index in [0.717, 1.165) is 30.8 Å². The first kappa shape index (κ1) is 23.6. The van der Waals surface area contributed by atoms with Gasteiger partial charge in [-0.25, -0.2) is 0 Å². The Morgan fingerprint density at radius 1 is 1.00 bits per heavy atom. The fourth-order valence-electron chi connectivity index (χ4n) is 5.63. The van der Waals surface area contributed by atoms with E-state index in [4.69, 9.17) is 4.74 Å². The minimum Gasteiger partial charge on any atom is -0.496 e. The lowest BCUT2D eigenvalue weighted by Crippen LogP contribution is -2.41. The molecule has 0 aromatic heterocycles. The number of methoxy groups -OCH3 is 1. The normalized spacial score (nSPS) is 21.8. The van der Waals surface area contributed by atoms with Crippen LogP contribution < -0.4 is 9.64 Å². The summed E-state index contributed by atoms with van der Waals surface area (Å²) in [5, 5.41) is 0. The maximum Gasteiger partial charge on any atom is 0.230 e. The molecule has 2 aliphatic rings. The highest BCUT2D eigenvalue weighted by atomic mass is 127. The van der Waals surface area contributed by atoms with Crippen LogP contribution in [-0.4, -0.2) is 19.6 Å². The van der Waals surface area contributed by atoms with Crippen LogP contribution in [0.25, 0.3) is 0 Å². The zero-order chi connectivity index (χ0) is 22.5. The minimum absolute atomic E-state index is 0.209. The van der Waals surface area contributed by atoms with E-state index >= 15 is 0 Å². The third-order valence-electron chi connectivity index (χ3n) is 7.52. The largest absolute Gasteiger partial charge is 0.496 e. The average Bonchev–Trinajstić information content (AvgIpc) is 2.83. The molecule has 0 radical (unpaired) electrons. The number of nitrogens with zero attached hydrogens (tertiary/aromatic N) is 1. The molecule has 2 aromatic carbocycles. The SMILES string of the molecule is COc1ccc([C@H]2CC[C@H](CN(C(=O)C3CCCCC3)c3cccc(I)c3)CC2)cc1C. The van der Waals surface area contributed by atoms with E-state index < -0.39 is 0 Å². The molecule has 1 amide bonds. The van der Waals surface area contributed by atoms with Crippen LogP contribution in [0.4, 0.5) is 5.69 Å². The molecule has 0 spiro atoms. The molecule has 0 bridgehead atoms. The van der Waals surface area contributed by atoms with Gasteiger partial charge in [0.25, 0.3) is 0 Å². The molecule has 0 atom stereocenters. The van der Waals surface area contributed by atoms with Crippen molar-refractivity contribution in [2.75, 3.05) is 18.6 Å². The Hall–Kier alpha value is -1.56. The second-order valence-corrected chi connectivity index (χ2v) is 11.0. The Kier molecular flexibility index (Phi) is 8.14. The molecule has 2 saturated carbocycles. The number of hydrogen-bond donors (Lipinski definition) is 0. The first-order valence-electron chi connectivity index (χ1n) is 12.3. The van der Waals surface area contributed by atoms with Crippen LogP contribution in [0, 0.1) is 22.3 Å². The number of benzene rings is 2.